The molecule has 0 unspecified atom stereocenters. The van der Waals surface area contributed by atoms with Gasteiger partial charge in [-0.15, -0.1) is 0 Å². The molecule has 1 aliphatic heterocycles. The van der Waals surface area contributed by atoms with Gasteiger partial charge >= 0.3 is 6.18 Å². The van der Waals surface area contributed by atoms with Gasteiger partial charge in [-0.05, 0) is 66.2 Å². The lowest BCUT2D eigenvalue weighted by molar-refractivity contribution is -0.137. The monoisotopic (exact) mass is 548 g/mol. The smallest absolute Gasteiger partial charge is 0.416 e. The fraction of sp³-hybridized carbons (Fsp3) is 0.0800. The summed E-state index contributed by atoms with van der Waals surface area (Å²) in [6.07, 6.45) is -2.86. The molecule has 1 N–H and O–H groups in total. The van der Waals surface area contributed by atoms with E-state index in [9.17, 15) is 22.8 Å². The number of alkyl halides is 3. The molecular weight excluding hydrogens is 533 g/mol. The fourth-order valence-electron chi connectivity index (χ4n) is 3.25. The number of ether oxygens (including phenoxy) is 1. The second-order valence-corrected chi connectivity index (χ2v) is 9.59. The Kier molecular flexibility index (Phi) is 7.67. The predicted molar refractivity (Wildman–Crippen MR) is 139 cm³/mol. The first-order chi connectivity index (χ1) is 17.1. The second kappa shape index (κ2) is 10.7. The van der Waals surface area contributed by atoms with E-state index in [-0.39, 0.29) is 11.6 Å². The molecular formula is C25H16ClF3N2O3S2. The maximum absolute atomic E-state index is 12.9. The Labute approximate surface area is 218 Å². The number of carbonyl (C=O) groups excluding carboxylic acids is 2. The van der Waals surface area contributed by atoms with Crippen LogP contribution in [0.5, 0.6) is 5.75 Å². The van der Waals surface area contributed by atoms with Crippen LogP contribution in [0.4, 0.5) is 24.5 Å². The molecule has 184 valence electrons. The first-order valence-electron chi connectivity index (χ1n) is 10.3. The Morgan fingerprint density at radius 3 is 2.53 bits per heavy atom. The van der Waals surface area contributed by atoms with Crippen LogP contribution < -0.4 is 15.0 Å². The molecule has 1 aliphatic rings. The molecule has 3 aromatic rings. The van der Waals surface area contributed by atoms with Crippen molar-refractivity contribution in [2.75, 3.05) is 16.8 Å². The van der Waals surface area contributed by atoms with E-state index in [0.717, 1.165) is 23.9 Å². The number of anilines is 2. The lowest BCUT2D eigenvalue weighted by Gasteiger charge is -2.14. The zero-order valence-electron chi connectivity index (χ0n) is 18.2. The summed E-state index contributed by atoms with van der Waals surface area (Å²) < 4.78 is 44.4. The number of nitrogens with zero attached hydrogens (tertiary/aromatic N) is 1. The third kappa shape index (κ3) is 6.26. The first-order valence-corrected chi connectivity index (χ1v) is 11.9. The van der Waals surface area contributed by atoms with Gasteiger partial charge in [-0.2, -0.15) is 13.2 Å². The Balaban J connectivity index is 1.40. The molecule has 0 bridgehead atoms. The molecule has 1 fully saturated rings. The number of nitrogens with one attached hydrogen (secondary N) is 1. The largest absolute Gasteiger partial charge is 0.484 e. The van der Waals surface area contributed by atoms with Crippen molar-refractivity contribution in [2.45, 2.75) is 6.18 Å². The summed E-state index contributed by atoms with van der Waals surface area (Å²) in [5, 5.41) is 2.92. The number of carbonyl (C=O) groups is 2. The van der Waals surface area contributed by atoms with Crippen LogP contribution in [0.1, 0.15) is 11.1 Å². The molecule has 11 heteroatoms. The average Bonchev–Trinajstić information content (AvgIpc) is 3.11. The maximum Gasteiger partial charge on any atom is 0.416 e. The molecule has 0 saturated carbocycles. The number of thioether (sulfide) groups is 1. The molecule has 1 saturated heterocycles. The molecule has 4 rings (SSSR count). The fourth-order valence-corrected chi connectivity index (χ4v) is 4.67. The molecule has 3 aromatic carbocycles. The van der Waals surface area contributed by atoms with Crippen molar-refractivity contribution >= 4 is 69.2 Å². The highest BCUT2D eigenvalue weighted by Crippen LogP contribution is 2.36. The van der Waals surface area contributed by atoms with Crippen molar-refractivity contribution in [3.8, 4) is 5.75 Å². The Bertz CT molecular complexity index is 1360. The van der Waals surface area contributed by atoms with E-state index in [1.165, 1.54) is 17.0 Å². The quantitative estimate of drug-likeness (QED) is 0.272. The van der Waals surface area contributed by atoms with Crippen LogP contribution >= 0.6 is 35.6 Å². The summed E-state index contributed by atoms with van der Waals surface area (Å²) in [5.41, 5.74) is 0.391. The Morgan fingerprint density at radius 2 is 1.81 bits per heavy atom. The standard InChI is InChI=1S/C25H16ClF3N2O3S2/c26-17-7-9-19(10-8-17)31-23(33)21(36-24(31)35)12-15-3-1-6-20(11-15)34-14-22(32)30-18-5-2-4-16(13-18)25(27,28)29/h1-13H,14H2,(H,30,32)/b21-12-. The molecule has 0 aromatic heterocycles. The van der Waals surface area contributed by atoms with Crippen LogP contribution in [0.2, 0.25) is 5.02 Å². The number of rotatable bonds is 6. The molecule has 1 heterocycles. The van der Waals surface area contributed by atoms with E-state index in [4.69, 9.17) is 28.6 Å². The third-order valence-electron chi connectivity index (χ3n) is 4.88. The molecule has 36 heavy (non-hydrogen) atoms. The van der Waals surface area contributed by atoms with Crippen LogP contribution in [-0.2, 0) is 15.8 Å². The van der Waals surface area contributed by atoms with Crippen LogP contribution in [0.25, 0.3) is 6.08 Å². The maximum atomic E-state index is 12.9. The summed E-state index contributed by atoms with van der Waals surface area (Å²) in [7, 11) is 0. The van der Waals surface area contributed by atoms with Crippen LogP contribution in [0, 0.1) is 0 Å². The summed E-state index contributed by atoms with van der Waals surface area (Å²) in [4.78, 5) is 26.9. The van der Waals surface area contributed by atoms with Gasteiger partial charge in [0.15, 0.2) is 10.9 Å². The molecule has 0 radical (unpaired) electrons. The summed E-state index contributed by atoms with van der Waals surface area (Å²) in [5.74, 6) is -0.557. The molecule has 5 nitrogen and oxygen atoms in total. The van der Waals surface area contributed by atoms with Gasteiger partial charge in [0.05, 0.1) is 16.2 Å². The van der Waals surface area contributed by atoms with E-state index >= 15 is 0 Å². The van der Waals surface area contributed by atoms with Crippen LogP contribution in [0.15, 0.2) is 77.7 Å². The summed E-state index contributed by atoms with van der Waals surface area (Å²) >= 11 is 12.4. The Morgan fingerprint density at radius 1 is 1.08 bits per heavy atom. The van der Waals surface area contributed by atoms with Crippen molar-refractivity contribution in [1.82, 2.24) is 0 Å². The zero-order valence-corrected chi connectivity index (χ0v) is 20.6. The highest BCUT2D eigenvalue weighted by molar-refractivity contribution is 8.27. The van der Waals surface area contributed by atoms with E-state index < -0.39 is 24.3 Å². The van der Waals surface area contributed by atoms with Crippen molar-refractivity contribution in [1.29, 1.82) is 0 Å². The highest BCUT2D eigenvalue weighted by atomic mass is 35.5. The number of hydrogen-bond donors (Lipinski definition) is 1. The van der Waals surface area contributed by atoms with Gasteiger partial charge in [0.1, 0.15) is 5.75 Å². The van der Waals surface area contributed by atoms with Crippen molar-refractivity contribution in [3.63, 3.8) is 0 Å². The predicted octanol–water partition coefficient (Wildman–Crippen LogP) is 6.78. The van der Waals surface area contributed by atoms with Gasteiger partial charge in [0.2, 0.25) is 0 Å². The van der Waals surface area contributed by atoms with Gasteiger partial charge in [-0.1, -0.05) is 53.8 Å². The number of benzene rings is 3. The summed E-state index contributed by atoms with van der Waals surface area (Å²) in [6.45, 7) is -0.418. The topological polar surface area (TPSA) is 58.6 Å². The first kappa shape index (κ1) is 25.7. The van der Waals surface area contributed by atoms with Crippen molar-refractivity contribution < 1.29 is 27.5 Å². The van der Waals surface area contributed by atoms with Gasteiger partial charge in [0.25, 0.3) is 11.8 Å². The van der Waals surface area contributed by atoms with E-state index in [1.807, 2.05) is 0 Å². The van der Waals surface area contributed by atoms with Crippen molar-refractivity contribution in [2.24, 2.45) is 0 Å². The minimum absolute atomic E-state index is 0.00916. The second-order valence-electron chi connectivity index (χ2n) is 7.48. The molecule has 0 aliphatic carbocycles. The number of amides is 2. The molecule has 2 amide bonds. The third-order valence-corrected chi connectivity index (χ3v) is 6.43. The SMILES string of the molecule is O=C(COc1cccc(/C=C2\SC(=S)N(c3ccc(Cl)cc3)C2=O)c1)Nc1cccc(C(F)(F)F)c1. The zero-order chi connectivity index (χ0) is 25.9. The van der Waals surface area contributed by atoms with E-state index in [2.05, 4.69) is 5.32 Å². The minimum Gasteiger partial charge on any atom is -0.484 e. The number of hydrogen-bond acceptors (Lipinski definition) is 5. The average molecular weight is 549 g/mol. The number of thiocarbonyl (C=S) groups is 1. The van der Waals surface area contributed by atoms with Gasteiger partial charge in [0, 0.05) is 10.7 Å². The van der Waals surface area contributed by atoms with E-state index in [1.54, 1.807) is 54.6 Å². The minimum atomic E-state index is -4.51. The van der Waals surface area contributed by atoms with Crippen molar-refractivity contribution in [3.05, 3.63) is 93.9 Å². The van der Waals surface area contributed by atoms with Crippen LogP contribution in [0.3, 0.4) is 0 Å². The molecule has 0 atom stereocenters. The van der Waals surface area contributed by atoms with E-state index in [0.29, 0.717) is 31.2 Å². The normalized spacial score (nSPS) is 14.9. The summed E-state index contributed by atoms with van der Waals surface area (Å²) in [6, 6.07) is 17.8. The lowest BCUT2D eigenvalue weighted by atomic mass is 10.2. The molecule has 0 spiro atoms. The van der Waals surface area contributed by atoms with Crippen LogP contribution in [-0.4, -0.2) is 22.7 Å². The Hall–Kier alpha value is -3.34. The van der Waals surface area contributed by atoms with Gasteiger partial charge in [-0.3, -0.25) is 14.5 Å². The lowest BCUT2D eigenvalue weighted by Crippen LogP contribution is -2.27. The van der Waals surface area contributed by atoms with Gasteiger partial charge < -0.3 is 10.1 Å². The highest BCUT2D eigenvalue weighted by Gasteiger charge is 2.33. The number of halogens is 4. The van der Waals surface area contributed by atoms with Gasteiger partial charge in [-0.25, -0.2) is 0 Å².